The van der Waals surface area contributed by atoms with E-state index in [1.807, 2.05) is 37.4 Å². The number of likely N-dealkylation sites (tertiary alicyclic amines) is 1. The molecule has 1 aliphatic heterocycles. The second-order valence-electron chi connectivity index (χ2n) is 6.66. The number of fused-ring (bicyclic) bond motifs is 1. The van der Waals surface area contributed by atoms with E-state index >= 15 is 0 Å². The molecule has 7 nitrogen and oxygen atoms in total. The van der Waals surface area contributed by atoms with Crippen LogP contribution in [-0.2, 0) is 13.1 Å². The number of para-hydroxylation sites is 1. The molecule has 1 aliphatic rings. The molecule has 0 radical (unpaired) electrons. The summed E-state index contributed by atoms with van der Waals surface area (Å²) in [6.45, 7) is 5.09. The molecule has 130 valence electrons. The van der Waals surface area contributed by atoms with E-state index in [1.54, 1.807) is 4.68 Å². The first kappa shape index (κ1) is 16.1. The molecular formula is C18H22N6O. The van der Waals surface area contributed by atoms with Gasteiger partial charge in [0, 0.05) is 30.7 Å². The molecule has 0 amide bonds. The number of benzene rings is 1. The fraction of sp³-hybridized carbons (Fsp3) is 0.444. The molecule has 25 heavy (non-hydrogen) atoms. The van der Waals surface area contributed by atoms with Crippen LogP contribution in [0.4, 0.5) is 0 Å². The molecule has 2 aromatic heterocycles. The number of nitrogens with zero attached hydrogens (tertiary/aromatic N) is 6. The van der Waals surface area contributed by atoms with Gasteiger partial charge >= 0.3 is 0 Å². The second kappa shape index (κ2) is 6.85. The van der Waals surface area contributed by atoms with Crippen molar-refractivity contribution >= 4 is 10.9 Å². The van der Waals surface area contributed by atoms with Gasteiger partial charge in [0.15, 0.2) is 5.82 Å². The minimum atomic E-state index is -0.153. The SMILES string of the molecule is Cc1nc(Cn2cc(CN3CCC(O)CC3)nn2)nc2ccccc12. The zero-order valence-electron chi connectivity index (χ0n) is 14.3. The summed E-state index contributed by atoms with van der Waals surface area (Å²) in [5.41, 5.74) is 2.87. The molecule has 0 saturated carbocycles. The van der Waals surface area contributed by atoms with E-state index in [-0.39, 0.29) is 6.10 Å². The molecule has 4 rings (SSSR count). The number of aliphatic hydroxyl groups is 1. The summed E-state index contributed by atoms with van der Waals surface area (Å²) in [4.78, 5) is 11.5. The molecule has 1 N–H and O–H groups in total. The molecule has 0 spiro atoms. The number of piperidine rings is 1. The van der Waals surface area contributed by atoms with Crippen LogP contribution in [0.25, 0.3) is 10.9 Å². The van der Waals surface area contributed by atoms with Crippen molar-refractivity contribution in [2.45, 2.75) is 39.0 Å². The number of aromatic nitrogens is 5. The Bertz CT molecular complexity index is 869. The molecule has 7 heteroatoms. The van der Waals surface area contributed by atoms with Gasteiger partial charge in [-0.2, -0.15) is 0 Å². The van der Waals surface area contributed by atoms with Crippen LogP contribution in [0, 0.1) is 6.92 Å². The minimum absolute atomic E-state index is 0.153. The number of hydrogen-bond acceptors (Lipinski definition) is 6. The van der Waals surface area contributed by atoms with E-state index in [1.165, 1.54) is 0 Å². The summed E-state index contributed by atoms with van der Waals surface area (Å²) >= 11 is 0. The Hall–Kier alpha value is -2.38. The highest BCUT2D eigenvalue weighted by Gasteiger charge is 2.18. The summed E-state index contributed by atoms with van der Waals surface area (Å²) < 4.78 is 1.79. The van der Waals surface area contributed by atoms with Crippen LogP contribution in [0.1, 0.15) is 30.1 Å². The summed E-state index contributed by atoms with van der Waals surface area (Å²) in [6.07, 6.45) is 3.47. The lowest BCUT2D eigenvalue weighted by Gasteiger charge is -2.28. The third-order valence-electron chi connectivity index (χ3n) is 4.67. The molecular weight excluding hydrogens is 316 g/mol. The Morgan fingerprint density at radius 1 is 1.12 bits per heavy atom. The molecule has 3 heterocycles. The summed E-state index contributed by atoms with van der Waals surface area (Å²) in [6, 6.07) is 8.03. The fourth-order valence-electron chi connectivity index (χ4n) is 3.31. The average molecular weight is 338 g/mol. The van der Waals surface area contributed by atoms with E-state index in [0.717, 1.165) is 60.6 Å². The van der Waals surface area contributed by atoms with Gasteiger partial charge in [0.2, 0.25) is 0 Å². The van der Waals surface area contributed by atoms with Crippen LogP contribution >= 0.6 is 0 Å². The number of hydrogen-bond donors (Lipinski definition) is 1. The molecule has 0 bridgehead atoms. The van der Waals surface area contributed by atoms with E-state index < -0.39 is 0 Å². The van der Waals surface area contributed by atoms with E-state index in [9.17, 15) is 5.11 Å². The maximum absolute atomic E-state index is 9.59. The van der Waals surface area contributed by atoms with Crippen LogP contribution in [-0.4, -0.2) is 54.2 Å². The average Bonchev–Trinajstić information content (AvgIpc) is 3.04. The zero-order valence-corrected chi connectivity index (χ0v) is 14.3. The Morgan fingerprint density at radius 3 is 2.76 bits per heavy atom. The van der Waals surface area contributed by atoms with Crippen LogP contribution in [0.3, 0.4) is 0 Å². The number of aliphatic hydroxyl groups excluding tert-OH is 1. The highest BCUT2D eigenvalue weighted by Crippen LogP contribution is 2.15. The topological polar surface area (TPSA) is 80.0 Å². The summed E-state index contributed by atoms with van der Waals surface area (Å²) in [7, 11) is 0. The normalized spacial score (nSPS) is 16.6. The number of aryl methyl sites for hydroxylation is 1. The number of rotatable bonds is 4. The quantitative estimate of drug-likeness (QED) is 0.777. The highest BCUT2D eigenvalue weighted by molar-refractivity contribution is 5.80. The molecule has 1 saturated heterocycles. The van der Waals surface area contributed by atoms with Gasteiger partial charge in [0.25, 0.3) is 0 Å². The van der Waals surface area contributed by atoms with Gasteiger partial charge in [-0.05, 0) is 25.8 Å². The Labute approximate surface area is 146 Å². The van der Waals surface area contributed by atoms with Crippen molar-refractivity contribution in [3.63, 3.8) is 0 Å². The summed E-state index contributed by atoms with van der Waals surface area (Å²) in [5, 5.41) is 19.1. The monoisotopic (exact) mass is 338 g/mol. The van der Waals surface area contributed by atoms with Crippen LogP contribution in [0.15, 0.2) is 30.5 Å². The van der Waals surface area contributed by atoms with Crippen molar-refractivity contribution < 1.29 is 5.11 Å². The molecule has 0 unspecified atom stereocenters. The second-order valence-corrected chi connectivity index (χ2v) is 6.66. The van der Waals surface area contributed by atoms with Crippen molar-refractivity contribution in [3.8, 4) is 0 Å². The lowest BCUT2D eigenvalue weighted by molar-refractivity contribution is 0.0786. The lowest BCUT2D eigenvalue weighted by Crippen LogP contribution is -2.35. The van der Waals surface area contributed by atoms with Gasteiger partial charge in [0.05, 0.1) is 23.5 Å². The van der Waals surface area contributed by atoms with Crippen molar-refractivity contribution in [2.75, 3.05) is 13.1 Å². The van der Waals surface area contributed by atoms with Gasteiger partial charge in [-0.1, -0.05) is 23.4 Å². The first-order valence-electron chi connectivity index (χ1n) is 8.69. The van der Waals surface area contributed by atoms with E-state index in [0.29, 0.717) is 6.54 Å². The minimum Gasteiger partial charge on any atom is -0.393 e. The maximum Gasteiger partial charge on any atom is 0.150 e. The van der Waals surface area contributed by atoms with Crippen molar-refractivity contribution in [1.82, 2.24) is 29.9 Å². The highest BCUT2D eigenvalue weighted by atomic mass is 16.3. The molecule has 0 atom stereocenters. The summed E-state index contributed by atoms with van der Waals surface area (Å²) in [5.74, 6) is 0.744. The zero-order chi connectivity index (χ0) is 17.2. The van der Waals surface area contributed by atoms with Crippen molar-refractivity contribution in [2.24, 2.45) is 0 Å². The van der Waals surface area contributed by atoms with Gasteiger partial charge in [-0.3, -0.25) is 4.90 Å². The fourth-order valence-corrected chi connectivity index (χ4v) is 3.31. The molecule has 3 aromatic rings. The first-order valence-corrected chi connectivity index (χ1v) is 8.69. The molecule has 0 aliphatic carbocycles. The third kappa shape index (κ3) is 3.67. The Balaban J connectivity index is 1.46. The van der Waals surface area contributed by atoms with Gasteiger partial charge in [-0.25, -0.2) is 14.6 Å². The van der Waals surface area contributed by atoms with Crippen LogP contribution in [0.2, 0.25) is 0 Å². The third-order valence-corrected chi connectivity index (χ3v) is 4.67. The van der Waals surface area contributed by atoms with Gasteiger partial charge in [-0.15, -0.1) is 5.10 Å². The standard InChI is InChI=1S/C18H22N6O/c1-13-16-4-2-3-5-17(16)20-18(19-13)12-24-11-14(21-22-24)10-23-8-6-15(25)7-9-23/h2-5,11,15,25H,6-10,12H2,1H3. The maximum atomic E-state index is 9.59. The Morgan fingerprint density at radius 2 is 1.92 bits per heavy atom. The van der Waals surface area contributed by atoms with Crippen LogP contribution < -0.4 is 0 Å². The first-order chi connectivity index (χ1) is 12.2. The van der Waals surface area contributed by atoms with E-state index in [4.69, 9.17) is 0 Å². The smallest absolute Gasteiger partial charge is 0.150 e. The predicted molar refractivity (Wildman–Crippen MR) is 93.9 cm³/mol. The lowest BCUT2D eigenvalue weighted by atomic mass is 10.1. The van der Waals surface area contributed by atoms with Crippen LogP contribution in [0.5, 0.6) is 0 Å². The Kier molecular flexibility index (Phi) is 4.42. The molecule has 1 fully saturated rings. The predicted octanol–water partition coefficient (Wildman–Crippen LogP) is 1.53. The van der Waals surface area contributed by atoms with Gasteiger partial charge in [0.1, 0.15) is 6.54 Å². The van der Waals surface area contributed by atoms with Crippen molar-refractivity contribution in [3.05, 3.63) is 47.7 Å². The largest absolute Gasteiger partial charge is 0.393 e. The van der Waals surface area contributed by atoms with Crippen molar-refractivity contribution in [1.29, 1.82) is 0 Å². The molecule has 1 aromatic carbocycles. The van der Waals surface area contributed by atoms with E-state index in [2.05, 4.69) is 25.2 Å². The van der Waals surface area contributed by atoms with Gasteiger partial charge < -0.3 is 5.11 Å².